The lowest BCUT2D eigenvalue weighted by atomic mass is 10.1. The van der Waals surface area contributed by atoms with Crippen LogP contribution in [0.3, 0.4) is 0 Å². The van der Waals surface area contributed by atoms with Crippen molar-refractivity contribution in [3.05, 3.63) is 76.5 Å². The van der Waals surface area contributed by atoms with Crippen LogP contribution in [0.25, 0.3) is 11.4 Å². The highest BCUT2D eigenvalue weighted by Gasteiger charge is 2.08. The second kappa shape index (κ2) is 6.15. The summed E-state index contributed by atoms with van der Waals surface area (Å²) in [6, 6.07) is 14.9. The lowest BCUT2D eigenvalue weighted by molar-refractivity contribution is 0.0697. The molecule has 0 bridgehead atoms. The number of benzene rings is 2. The lowest BCUT2D eigenvalue weighted by Gasteiger charge is -2.09. The molecule has 0 aliphatic heterocycles. The molecule has 3 aromatic rings. The van der Waals surface area contributed by atoms with Crippen LogP contribution in [0.5, 0.6) is 0 Å². The predicted octanol–water partition coefficient (Wildman–Crippen LogP) is 4.06. The van der Waals surface area contributed by atoms with E-state index >= 15 is 0 Å². The number of carboxylic acids is 1. The number of hydrogen-bond acceptors (Lipinski definition) is 2. The molecule has 22 heavy (non-hydrogen) atoms. The molecular formula is C17H13BrN2O2. The van der Waals surface area contributed by atoms with Crippen LogP contribution in [0.15, 0.2) is 65.4 Å². The van der Waals surface area contributed by atoms with Gasteiger partial charge in [0.15, 0.2) is 0 Å². The number of aromatic carboxylic acids is 1. The summed E-state index contributed by atoms with van der Waals surface area (Å²) in [5.41, 5.74) is 2.35. The number of aromatic nitrogens is 2. The van der Waals surface area contributed by atoms with Crippen LogP contribution in [-0.2, 0) is 6.54 Å². The maximum absolute atomic E-state index is 10.9. The van der Waals surface area contributed by atoms with Gasteiger partial charge in [0, 0.05) is 29.0 Å². The molecule has 5 heteroatoms. The second-order valence-electron chi connectivity index (χ2n) is 4.89. The molecule has 0 radical (unpaired) electrons. The van der Waals surface area contributed by atoms with Crippen LogP contribution in [0, 0.1) is 0 Å². The SMILES string of the molecule is O=C(O)c1ccc(Cn2ccnc2-c2cccc(Br)c2)cc1. The third kappa shape index (κ3) is 3.09. The van der Waals surface area contributed by atoms with Crippen molar-refractivity contribution in [2.75, 3.05) is 0 Å². The monoisotopic (exact) mass is 356 g/mol. The molecule has 0 aliphatic carbocycles. The van der Waals surface area contributed by atoms with Gasteiger partial charge in [-0.3, -0.25) is 0 Å². The van der Waals surface area contributed by atoms with Crippen molar-refractivity contribution in [2.45, 2.75) is 6.54 Å². The molecule has 1 heterocycles. The molecule has 1 N–H and O–H groups in total. The summed E-state index contributed by atoms with van der Waals surface area (Å²) in [6.45, 7) is 0.641. The molecule has 4 nitrogen and oxygen atoms in total. The van der Waals surface area contributed by atoms with Crippen molar-refractivity contribution in [3.8, 4) is 11.4 Å². The molecule has 0 atom stereocenters. The maximum atomic E-state index is 10.9. The van der Waals surface area contributed by atoms with Crippen molar-refractivity contribution in [1.82, 2.24) is 9.55 Å². The largest absolute Gasteiger partial charge is 0.478 e. The molecule has 1 aromatic heterocycles. The zero-order valence-corrected chi connectivity index (χ0v) is 13.2. The van der Waals surface area contributed by atoms with Crippen LogP contribution >= 0.6 is 15.9 Å². The van der Waals surface area contributed by atoms with Gasteiger partial charge < -0.3 is 9.67 Å². The Morgan fingerprint density at radius 1 is 1.18 bits per heavy atom. The summed E-state index contributed by atoms with van der Waals surface area (Å²) >= 11 is 3.47. The molecule has 0 amide bonds. The summed E-state index contributed by atoms with van der Waals surface area (Å²) in [5, 5.41) is 8.93. The van der Waals surface area contributed by atoms with Crippen LogP contribution < -0.4 is 0 Å². The minimum Gasteiger partial charge on any atom is -0.478 e. The Labute approximate surface area is 136 Å². The van der Waals surface area contributed by atoms with Gasteiger partial charge in [0.25, 0.3) is 0 Å². The first kappa shape index (κ1) is 14.5. The van der Waals surface area contributed by atoms with Gasteiger partial charge in [-0.05, 0) is 29.8 Å². The zero-order chi connectivity index (χ0) is 15.5. The first-order chi connectivity index (χ1) is 10.6. The Kier molecular flexibility index (Phi) is 4.06. The van der Waals surface area contributed by atoms with Gasteiger partial charge >= 0.3 is 5.97 Å². The second-order valence-corrected chi connectivity index (χ2v) is 5.81. The zero-order valence-electron chi connectivity index (χ0n) is 11.6. The quantitative estimate of drug-likeness (QED) is 0.766. The van der Waals surface area contributed by atoms with Crippen molar-refractivity contribution in [3.63, 3.8) is 0 Å². The topological polar surface area (TPSA) is 55.1 Å². The summed E-state index contributed by atoms with van der Waals surface area (Å²) in [5.74, 6) is -0.0346. The van der Waals surface area contributed by atoms with E-state index in [-0.39, 0.29) is 0 Å². The summed E-state index contributed by atoms with van der Waals surface area (Å²) < 4.78 is 3.04. The van der Waals surface area contributed by atoms with E-state index in [9.17, 15) is 4.79 Å². The number of rotatable bonds is 4. The average Bonchev–Trinajstić information content (AvgIpc) is 2.96. The highest BCUT2D eigenvalue weighted by Crippen LogP contribution is 2.22. The van der Waals surface area contributed by atoms with Gasteiger partial charge in [0.05, 0.1) is 5.56 Å². The fourth-order valence-corrected chi connectivity index (χ4v) is 2.67. The molecule has 3 rings (SSSR count). The van der Waals surface area contributed by atoms with E-state index in [1.807, 2.05) is 47.2 Å². The van der Waals surface area contributed by atoms with Gasteiger partial charge in [-0.25, -0.2) is 9.78 Å². The molecule has 0 fully saturated rings. The van der Waals surface area contributed by atoms with E-state index in [0.29, 0.717) is 12.1 Å². The van der Waals surface area contributed by atoms with E-state index in [1.54, 1.807) is 18.3 Å². The number of carboxylic acid groups (broad SMARTS) is 1. The smallest absolute Gasteiger partial charge is 0.335 e. The Bertz CT molecular complexity index is 810. The molecule has 0 spiro atoms. The first-order valence-corrected chi connectivity index (χ1v) is 7.52. The van der Waals surface area contributed by atoms with Crippen LogP contribution in [0.1, 0.15) is 15.9 Å². The predicted molar refractivity (Wildman–Crippen MR) is 87.9 cm³/mol. The van der Waals surface area contributed by atoms with Gasteiger partial charge in [-0.1, -0.05) is 40.2 Å². The summed E-state index contributed by atoms with van der Waals surface area (Å²) in [4.78, 5) is 15.3. The molecular weight excluding hydrogens is 344 g/mol. The average molecular weight is 357 g/mol. The van der Waals surface area contributed by atoms with Crippen LogP contribution in [-0.4, -0.2) is 20.6 Å². The summed E-state index contributed by atoms with van der Waals surface area (Å²) in [6.07, 6.45) is 3.68. The van der Waals surface area contributed by atoms with Crippen molar-refractivity contribution >= 4 is 21.9 Å². The number of halogens is 1. The minimum absolute atomic E-state index is 0.293. The standard InChI is InChI=1S/C17H13BrN2O2/c18-15-3-1-2-14(10-15)16-19-8-9-20(16)11-12-4-6-13(7-5-12)17(21)22/h1-10H,11H2,(H,21,22). The first-order valence-electron chi connectivity index (χ1n) is 6.73. The maximum Gasteiger partial charge on any atom is 0.335 e. The van der Waals surface area contributed by atoms with E-state index in [1.165, 1.54) is 0 Å². The normalized spacial score (nSPS) is 10.6. The molecule has 0 aliphatic rings. The van der Waals surface area contributed by atoms with Crippen molar-refractivity contribution in [2.24, 2.45) is 0 Å². The highest BCUT2D eigenvalue weighted by molar-refractivity contribution is 9.10. The Hall–Kier alpha value is -2.40. The van der Waals surface area contributed by atoms with E-state index in [0.717, 1.165) is 21.4 Å². The van der Waals surface area contributed by atoms with Gasteiger partial charge in [-0.15, -0.1) is 0 Å². The molecule has 2 aromatic carbocycles. The fraction of sp³-hybridized carbons (Fsp3) is 0.0588. The van der Waals surface area contributed by atoms with Crippen molar-refractivity contribution < 1.29 is 9.90 Å². The third-order valence-electron chi connectivity index (χ3n) is 3.35. The van der Waals surface area contributed by atoms with E-state index < -0.39 is 5.97 Å². The minimum atomic E-state index is -0.913. The Morgan fingerprint density at radius 2 is 1.95 bits per heavy atom. The third-order valence-corrected chi connectivity index (χ3v) is 3.85. The highest BCUT2D eigenvalue weighted by atomic mass is 79.9. The fourth-order valence-electron chi connectivity index (χ4n) is 2.27. The molecule has 0 saturated heterocycles. The van der Waals surface area contributed by atoms with E-state index in [4.69, 9.17) is 5.11 Å². The Balaban J connectivity index is 1.88. The Morgan fingerprint density at radius 3 is 2.64 bits per heavy atom. The van der Waals surface area contributed by atoms with Crippen molar-refractivity contribution in [1.29, 1.82) is 0 Å². The van der Waals surface area contributed by atoms with Gasteiger partial charge in [0.1, 0.15) is 5.82 Å². The number of nitrogens with zero attached hydrogens (tertiary/aromatic N) is 2. The lowest BCUT2D eigenvalue weighted by Crippen LogP contribution is -2.02. The number of imidazole rings is 1. The van der Waals surface area contributed by atoms with Gasteiger partial charge in [-0.2, -0.15) is 0 Å². The number of hydrogen-bond donors (Lipinski definition) is 1. The molecule has 110 valence electrons. The summed E-state index contributed by atoms with van der Waals surface area (Å²) in [7, 11) is 0. The molecule has 0 unspecified atom stereocenters. The van der Waals surface area contributed by atoms with E-state index in [2.05, 4.69) is 20.9 Å². The van der Waals surface area contributed by atoms with Crippen LogP contribution in [0.4, 0.5) is 0 Å². The molecule has 0 saturated carbocycles. The van der Waals surface area contributed by atoms with Crippen LogP contribution in [0.2, 0.25) is 0 Å². The van der Waals surface area contributed by atoms with Gasteiger partial charge in [0.2, 0.25) is 0 Å². The number of carbonyl (C=O) groups is 1.